The van der Waals surface area contributed by atoms with Crippen molar-refractivity contribution < 1.29 is 9.59 Å². The lowest BCUT2D eigenvalue weighted by atomic mass is 9.63. The number of hydrogen-bond acceptors (Lipinski definition) is 2. The van der Waals surface area contributed by atoms with E-state index in [9.17, 15) is 9.59 Å². The molecule has 2 aromatic carbocycles. The van der Waals surface area contributed by atoms with Gasteiger partial charge in [0.1, 0.15) is 0 Å². The number of fused-ring (bicyclic) bond motifs is 2. The van der Waals surface area contributed by atoms with Crippen LogP contribution in [0, 0.1) is 17.3 Å². The summed E-state index contributed by atoms with van der Waals surface area (Å²) in [6.45, 7) is 8.99. The lowest BCUT2D eigenvalue weighted by molar-refractivity contribution is -0.129. The van der Waals surface area contributed by atoms with E-state index < -0.39 is 0 Å². The third-order valence-corrected chi connectivity index (χ3v) is 9.42. The van der Waals surface area contributed by atoms with E-state index in [2.05, 4.69) is 86.9 Å². The number of rotatable bonds is 4. The molecule has 0 heterocycles. The minimum Gasteiger partial charge on any atom is -0.353 e. The first-order valence-electron chi connectivity index (χ1n) is 14.5. The molecule has 4 atom stereocenters. The second-order valence-corrected chi connectivity index (χ2v) is 12.9. The van der Waals surface area contributed by atoms with Crippen LogP contribution in [0.4, 0.5) is 0 Å². The standard InChI is InChI=1S/C33H44N2O2/c1-21-26-11-7-5-9-22(26)13-19-27(21)31(36)34-24-15-17-25(18-16-24)35-32(37)29-20-14-23-10-6-8-12-28(23)30(29)33(2,3)4/h5-12,21,24-25,27,29-30H,13-20H2,1-4H3,(H,34,36)(H,35,37)/t21-,24-,25-,27+,29+,30-/m0/s1. The van der Waals surface area contributed by atoms with Crippen molar-refractivity contribution >= 4 is 11.8 Å². The van der Waals surface area contributed by atoms with Crippen molar-refractivity contribution in [2.24, 2.45) is 17.3 Å². The Kier molecular flexibility index (Phi) is 7.47. The smallest absolute Gasteiger partial charge is 0.223 e. The van der Waals surface area contributed by atoms with Crippen LogP contribution in [0.5, 0.6) is 0 Å². The predicted octanol–water partition coefficient (Wildman–Crippen LogP) is 6.29. The average Bonchev–Trinajstić information content (AvgIpc) is 2.88. The first-order valence-corrected chi connectivity index (χ1v) is 14.5. The second kappa shape index (κ2) is 10.6. The lowest BCUT2D eigenvalue weighted by Crippen LogP contribution is -2.48. The molecule has 0 unspecified atom stereocenters. The summed E-state index contributed by atoms with van der Waals surface area (Å²) in [5.41, 5.74) is 5.51. The van der Waals surface area contributed by atoms with E-state index in [1.54, 1.807) is 0 Å². The Morgan fingerprint density at radius 1 is 0.676 bits per heavy atom. The van der Waals surface area contributed by atoms with Gasteiger partial charge in [-0.2, -0.15) is 0 Å². The van der Waals surface area contributed by atoms with Crippen LogP contribution in [-0.4, -0.2) is 23.9 Å². The summed E-state index contributed by atoms with van der Waals surface area (Å²) in [6, 6.07) is 17.7. The number of hydrogen-bond donors (Lipinski definition) is 2. The first kappa shape index (κ1) is 26.0. The highest BCUT2D eigenvalue weighted by Crippen LogP contribution is 2.47. The highest BCUT2D eigenvalue weighted by molar-refractivity contribution is 5.81. The van der Waals surface area contributed by atoms with Gasteiger partial charge in [0.25, 0.3) is 0 Å². The molecule has 0 aromatic heterocycles. The molecule has 198 valence electrons. The van der Waals surface area contributed by atoms with Gasteiger partial charge in [0.05, 0.1) is 0 Å². The Morgan fingerprint density at radius 2 is 1.14 bits per heavy atom. The number of aryl methyl sites for hydroxylation is 2. The van der Waals surface area contributed by atoms with Gasteiger partial charge >= 0.3 is 0 Å². The van der Waals surface area contributed by atoms with Crippen LogP contribution in [0.15, 0.2) is 48.5 Å². The van der Waals surface area contributed by atoms with E-state index in [0.717, 1.165) is 51.4 Å². The molecule has 2 aromatic rings. The maximum atomic E-state index is 13.6. The van der Waals surface area contributed by atoms with Crippen LogP contribution in [0.1, 0.15) is 100 Å². The van der Waals surface area contributed by atoms with E-state index in [1.165, 1.54) is 22.3 Å². The summed E-state index contributed by atoms with van der Waals surface area (Å²) in [4.78, 5) is 26.8. The highest BCUT2D eigenvalue weighted by Gasteiger charge is 2.41. The molecular weight excluding hydrogens is 456 g/mol. The summed E-state index contributed by atoms with van der Waals surface area (Å²) in [6.07, 6.45) is 7.54. The summed E-state index contributed by atoms with van der Waals surface area (Å²) in [5, 5.41) is 6.80. The Bertz CT molecular complexity index is 1130. The maximum Gasteiger partial charge on any atom is 0.223 e. The zero-order valence-corrected chi connectivity index (χ0v) is 23.1. The van der Waals surface area contributed by atoms with E-state index in [-0.39, 0.29) is 53.0 Å². The normalized spacial score (nSPS) is 29.5. The molecule has 0 saturated heterocycles. The third-order valence-electron chi connectivity index (χ3n) is 9.42. The first-order chi connectivity index (χ1) is 17.7. The van der Waals surface area contributed by atoms with E-state index in [1.807, 2.05) is 0 Å². The van der Waals surface area contributed by atoms with Crippen LogP contribution in [-0.2, 0) is 22.4 Å². The molecule has 0 spiro atoms. The van der Waals surface area contributed by atoms with E-state index in [0.29, 0.717) is 0 Å². The zero-order valence-electron chi connectivity index (χ0n) is 23.1. The van der Waals surface area contributed by atoms with Gasteiger partial charge in [0.15, 0.2) is 0 Å². The van der Waals surface area contributed by atoms with Crippen molar-refractivity contribution in [2.45, 2.75) is 103 Å². The van der Waals surface area contributed by atoms with Gasteiger partial charge < -0.3 is 10.6 Å². The third kappa shape index (κ3) is 5.49. The average molecular weight is 501 g/mol. The second-order valence-electron chi connectivity index (χ2n) is 12.9. The van der Waals surface area contributed by atoms with Gasteiger partial charge in [0, 0.05) is 29.8 Å². The Hall–Kier alpha value is -2.62. The molecule has 2 amide bonds. The quantitative estimate of drug-likeness (QED) is 0.518. The van der Waals surface area contributed by atoms with E-state index >= 15 is 0 Å². The minimum atomic E-state index is 0.0167. The topological polar surface area (TPSA) is 58.2 Å². The lowest BCUT2D eigenvalue weighted by Gasteiger charge is -2.42. The van der Waals surface area contributed by atoms with Crippen molar-refractivity contribution in [2.75, 3.05) is 0 Å². The molecule has 4 heteroatoms. The van der Waals surface area contributed by atoms with Gasteiger partial charge in [0.2, 0.25) is 11.8 Å². The summed E-state index contributed by atoms with van der Waals surface area (Å²) in [5.74, 6) is 0.992. The van der Waals surface area contributed by atoms with Crippen molar-refractivity contribution in [1.29, 1.82) is 0 Å². The summed E-state index contributed by atoms with van der Waals surface area (Å²) in [7, 11) is 0. The van der Waals surface area contributed by atoms with Crippen molar-refractivity contribution in [1.82, 2.24) is 10.6 Å². The molecule has 3 aliphatic carbocycles. The fourth-order valence-corrected chi connectivity index (χ4v) is 7.45. The van der Waals surface area contributed by atoms with Crippen LogP contribution in [0.2, 0.25) is 0 Å². The van der Waals surface area contributed by atoms with Crippen LogP contribution in [0.25, 0.3) is 0 Å². The number of nitrogens with one attached hydrogen (secondary N) is 2. The number of carbonyl (C=O) groups excluding carboxylic acids is 2. The molecule has 3 aliphatic rings. The van der Waals surface area contributed by atoms with Gasteiger partial charge in [-0.25, -0.2) is 0 Å². The highest BCUT2D eigenvalue weighted by atomic mass is 16.2. The number of carbonyl (C=O) groups is 2. The summed E-state index contributed by atoms with van der Waals surface area (Å²) < 4.78 is 0. The van der Waals surface area contributed by atoms with Gasteiger partial charge in [-0.15, -0.1) is 0 Å². The Labute approximate surface area is 223 Å². The van der Waals surface area contributed by atoms with Crippen LogP contribution >= 0.6 is 0 Å². The van der Waals surface area contributed by atoms with Gasteiger partial charge in [-0.3, -0.25) is 9.59 Å². The molecule has 1 fully saturated rings. The molecule has 5 rings (SSSR count). The number of amides is 2. The predicted molar refractivity (Wildman–Crippen MR) is 149 cm³/mol. The molecule has 0 aliphatic heterocycles. The molecule has 0 bridgehead atoms. The molecular formula is C33H44N2O2. The zero-order chi connectivity index (χ0) is 26.2. The van der Waals surface area contributed by atoms with Crippen molar-refractivity contribution in [3.8, 4) is 0 Å². The van der Waals surface area contributed by atoms with Crippen LogP contribution < -0.4 is 10.6 Å². The van der Waals surface area contributed by atoms with Crippen molar-refractivity contribution in [3.05, 3.63) is 70.8 Å². The van der Waals surface area contributed by atoms with Crippen LogP contribution in [0.3, 0.4) is 0 Å². The summed E-state index contributed by atoms with van der Waals surface area (Å²) >= 11 is 0. The molecule has 4 nitrogen and oxygen atoms in total. The molecule has 37 heavy (non-hydrogen) atoms. The molecule has 1 saturated carbocycles. The van der Waals surface area contributed by atoms with Gasteiger partial charge in [-0.1, -0.05) is 76.2 Å². The van der Waals surface area contributed by atoms with E-state index in [4.69, 9.17) is 0 Å². The SMILES string of the molecule is C[C@H]1c2ccccc2CC[C@H]1C(=O)N[C@H]1CC[C@H](NC(=O)[C@@H]2CCc3ccccc3[C@@H]2C(C)(C)C)CC1. The number of benzene rings is 2. The largest absolute Gasteiger partial charge is 0.353 e. The monoisotopic (exact) mass is 500 g/mol. The van der Waals surface area contributed by atoms with Crippen molar-refractivity contribution in [3.63, 3.8) is 0 Å². The molecule has 2 N–H and O–H groups in total. The fourth-order valence-electron chi connectivity index (χ4n) is 7.45. The Morgan fingerprint density at radius 3 is 1.70 bits per heavy atom. The van der Waals surface area contributed by atoms with Gasteiger partial charge in [-0.05, 0) is 85.0 Å². The molecule has 0 radical (unpaired) electrons. The fraction of sp³-hybridized carbons (Fsp3) is 0.576. The Balaban J connectivity index is 1.15. The maximum absolute atomic E-state index is 13.6. The minimum absolute atomic E-state index is 0.0167.